The average molecular weight is 360 g/mol. The van der Waals surface area contributed by atoms with Crippen LogP contribution < -0.4 is 4.31 Å². The highest BCUT2D eigenvalue weighted by molar-refractivity contribution is 7.93. The van der Waals surface area contributed by atoms with E-state index >= 15 is 0 Å². The minimum Gasteiger partial charge on any atom is -0.274 e. The van der Waals surface area contributed by atoms with Crippen LogP contribution >= 0.6 is 11.6 Å². The Bertz CT molecular complexity index is 1010. The maximum atomic E-state index is 13.0. The van der Waals surface area contributed by atoms with Crippen LogP contribution in [0.25, 0.3) is 10.8 Å². The first-order valence-electron chi connectivity index (χ1n) is 7.20. The standard InChI is InChI=1S/C18H14ClNO3S/c1-13(21)20(24(22,23)16-11-9-15(19)10-12-16)18-8-4-6-14-5-2-3-7-17(14)18/h2-12H,1H3. The van der Waals surface area contributed by atoms with Crippen LogP contribution in [-0.2, 0) is 14.8 Å². The first kappa shape index (κ1) is 16.5. The predicted octanol–water partition coefficient (Wildman–Crippen LogP) is 4.24. The van der Waals surface area contributed by atoms with E-state index in [-0.39, 0.29) is 4.90 Å². The normalized spacial score (nSPS) is 11.4. The van der Waals surface area contributed by atoms with Crippen molar-refractivity contribution in [3.8, 4) is 0 Å². The molecule has 24 heavy (non-hydrogen) atoms. The fraction of sp³-hybridized carbons (Fsp3) is 0.0556. The van der Waals surface area contributed by atoms with Crippen LogP contribution in [0.2, 0.25) is 5.02 Å². The summed E-state index contributed by atoms with van der Waals surface area (Å²) >= 11 is 5.82. The molecule has 0 unspecified atom stereocenters. The van der Waals surface area contributed by atoms with Crippen LogP contribution in [0, 0.1) is 0 Å². The zero-order chi connectivity index (χ0) is 17.3. The van der Waals surface area contributed by atoms with Crippen molar-refractivity contribution < 1.29 is 13.2 Å². The number of rotatable bonds is 3. The summed E-state index contributed by atoms with van der Waals surface area (Å²) in [6, 6.07) is 18.3. The van der Waals surface area contributed by atoms with Gasteiger partial charge in [-0.05, 0) is 35.7 Å². The quantitative estimate of drug-likeness (QED) is 0.703. The second-order valence-electron chi connectivity index (χ2n) is 5.24. The van der Waals surface area contributed by atoms with Gasteiger partial charge in [-0.15, -0.1) is 0 Å². The lowest BCUT2D eigenvalue weighted by molar-refractivity contribution is -0.115. The van der Waals surface area contributed by atoms with Crippen LogP contribution in [-0.4, -0.2) is 14.3 Å². The number of sulfonamides is 1. The number of hydrogen-bond donors (Lipinski definition) is 0. The van der Waals surface area contributed by atoms with E-state index in [9.17, 15) is 13.2 Å². The maximum Gasteiger partial charge on any atom is 0.270 e. The number of hydrogen-bond acceptors (Lipinski definition) is 3. The van der Waals surface area contributed by atoms with Gasteiger partial charge in [0.25, 0.3) is 10.0 Å². The number of amides is 1. The average Bonchev–Trinajstić information content (AvgIpc) is 2.55. The lowest BCUT2D eigenvalue weighted by Crippen LogP contribution is -2.35. The lowest BCUT2D eigenvalue weighted by atomic mass is 10.1. The monoisotopic (exact) mass is 359 g/mol. The SMILES string of the molecule is CC(=O)N(c1cccc2ccccc12)S(=O)(=O)c1ccc(Cl)cc1. The Hall–Kier alpha value is -2.37. The number of carbonyl (C=O) groups excluding carboxylic acids is 1. The first-order valence-corrected chi connectivity index (χ1v) is 9.02. The second kappa shape index (κ2) is 6.26. The van der Waals surface area contributed by atoms with Gasteiger partial charge >= 0.3 is 0 Å². The van der Waals surface area contributed by atoms with Crippen molar-refractivity contribution >= 4 is 44.0 Å². The topological polar surface area (TPSA) is 54.5 Å². The molecule has 3 aromatic carbocycles. The molecule has 0 spiro atoms. The third-order valence-electron chi connectivity index (χ3n) is 3.62. The molecule has 0 fully saturated rings. The van der Waals surface area contributed by atoms with Gasteiger partial charge in [-0.25, -0.2) is 12.7 Å². The summed E-state index contributed by atoms with van der Waals surface area (Å²) in [5.41, 5.74) is 0.329. The molecular weight excluding hydrogens is 346 g/mol. The van der Waals surface area contributed by atoms with E-state index in [1.54, 1.807) is 24.3 Å². The summed E-state index contributed by atoms with van der Waals surface area (Å²) in [5.74, 6) is -0.582. The van der Waals surface area contributed by atoms with Crippen molar-refractivity contribution in [2.45, 2.75) is 11.8 Å². The van der Waals surface area contributed by atoms with Crippen molar-refractivity contribution in [3.05, 3.63) is 71.8 Å². The summed E-state index contributed by atoms with van der Waals surface area (Å²) in [4.78, 5) is 12.2. The van der Waals surface area contributed by atoms with Gasteiger partial charge in [0.2, 0.25) is 5.91 Å². The Balaban J connectivity index is 2.23. The van der Waals surface area contributed by atoms with Crippen LogP contribution in [0.3, 0.4) is 0 Å². The highest BCUT2D eigenvalue weighted by Gasteiger charge is 2.29. The van der Waals surface area contributed by atoms with Gasteiger partial charge in [0.1, 0.15) is 0 Å². The third kappa shape index (κ3) is 2.88. The summed E-state index contributed by atoms with van der Waals surface area (Å²) in [5, 5.41) is 1.97. The Morgan fingerprint density at radius 3 is 2.21 bits per heavy atom. The van der Waals surface area contributed by atoms with Crippen LogP contribution in [0.5, 0.6) is 0 Å². The number of anilines is 1. The van der Waals surface area contributed by atoms with Gasteiger partial charge in [-0.3, -0.25) is 4.79 Å². The molecule has 4 nitrogen and oxygen atoms in total. The third-order valence-corrected chi connectivity index (χ3v) is 5.68. The van der Waals surface area contributed by atoms with E-state index < -0.39 is 15.9 Å². The second-order valence-corrected chi connectivity index (χ2v) is 7.46. The van der Waals surface area contributed by atoms with Crippen LogP contribution in [0.1, 0.15) is 6.92 Å². The molecule has 0 atom stereocenters. The van der Waals surface area contributed by atoms with Crippen molar-refractivity contribution in [2.24, 2.45) is 0 Å². The Kier molecular flexibility index (Phi) is 4.30. The molecule has 0 aliphatic heterocycles. The molecule has 0 saturated carbocycles. The van der Waals surface area contributed by atoms with Crippen molar-refractivity contribution in [1.82, 2.24) is 0 Å². The molecule has 6 heteroatoms. The molecule has 0 heterocycles. The van der Waals surface area contributed by atoms with Gasteiger partial charge in [0.05, 0.1) is 10.6 Å². The number of nitrogens with zero attached hydrogens (tertiary/aromatic N) is 1. The highest BCUT2D eigenvalue weighted by Crippen LogP contribution is 2.31. The van der Waals surface area contributed by atoms with Crippen LogP contribution in [0.4, 0.5) is 5.69 Å². The van der Waals surface area contributed by atoms with Crippen molar-refractivity contribution in [2.75, 3.05) is 4.31 Å². The molecule has 0 aliphatic rings. The van der Waals surface area contributed by atoms with Gasteiger partial charge < -0.3 is 0 Å². The van der Waals surface area contributed by atoms with Crippen LogP contribution in [0.15, 0.2) is 71.6 Å². The number of carbonyl (C=O) groups is 1. The Labute approximate surface area is 145 Å². The summed E-state index contributed by atoms with van der Waals surface area (Å²) in [7, 11) is -4.04. The summed E-state index contributed by atoms with van der Waals surface area (Å²) in [6.45, 7) is 1.23. The summed E-state index contributed by atoms with van der Waals surface area (Å²) < 4.78 is 26.8. The van der Waals surface area contributed by atoms with E-state index in [4.69, 9.17) is 11.6 Å². The van der Waals surface area contributed by atoms with E-state index in [0.717, 1.165) is 9.69 Å². The smallest absolute Gasteiger partial charge is 0.270 e. The van der Waals surface area contributed by atoms with Crippen molar-refractivity contribution in [1.29, 1.82) is 0 Å². The highest BCUT2D eigenvalue weighted by atomic mass is 35.5. The van der Waals surface area contributed by atoms with E-state index in [1.165, 1.54) is 31.2 Å². The molecule has 0 aromatic heterocycles. The Morgan fingerprint density at radius 1 is 0.917 bits per heavy atom. The zero-order valence-electron chi connectivity index (χ0n) is 12.8. The largest absolute Gasteiger partial charge is 0.274 e. The minimum atomic E-state index is -4.04. The lowest BCUT2D eigenvalue weighted by Gasteiger charge is -2.22. The summed E-state index contributed by atoms with van der Waals surface area (Å²) in [6.07, 6.45) is 0. The molecule has 1 amide bonds. The van der Waals surface area contributed by atoms with Gasteiger partial charge in [-0.2, -0.15) is 0 Å². The molecule has 0 saturated heterocycles. The number of halogens is 1. The first-order chi connectivity index (χ1) is 11.4. The predicted molar refractivity (Wildman–Crippen MR) is 95.7 cm³/mol. The molecule has 0 aliphatic carbocycles. The number of fused-ring (bicyclic) bond motifs is 1. The maximum absolute atomic E-state index is 13.0. The van der Waals surface area contributed by atoms with Gasteiger partial charge in [0.15, 0.2) is 0 Å². The molecule has 3 aromatic rings. The van der Waals surface area contributed by atoms with Gasteiger partial charge in [-0.1, -0.05) is 48.0 Å². The van der Waals surface area contributed by atoms with E-state index in [0.29, 0.717) is 16.1 Å². The minimum absolute atomic E-state index is 0.00929. The van der Waals surface area contributed by atoms with Gasteiger partial charge in [0, 0.05) is 17.3 Å². The number of benzene rings is 3. The molecule has 122 valence electrons. The molecular formula is C18H14ClNO3S. The van der Waals surface area contributed by atoms with E-state index in [1.807, 2.05) is 18.2 Å². The Morgan fingerprint density at radius 2 is 1.54 bits per heavy atom. The molecule has 3 rings (SSSR count). The van der Waals surface area contributed by atoms with Crippen molar-refractivity contribution in [3.63, 3.8) is 0 Å². The molecule has 0 N–H and O–H groups in total. The fourth-order valence-corrected chi connectivity index (χ4v) is 4.14. The molecule has 0 radical (unpaired) electrons. The fourth-order valence-electron chi connectivity index (χ4n) is 2.57. The van der Waals surface area contributed by atoms with E-state index in [2.05, 4.69) is 0 Å². The molecule has 0 bridgehead atoms. The zero-order valence-corrected chi connectivity index (χ0v) is 14.4.